The molecule has 0 amide bonds. The summed E-state index contributed by atoms with van der Waals surface area (Å²) < 4.78 is 5.29. The summed E-state index contributed by atoms with van der Waals surface area (Å²) >= 11 is 2.15. The van der Waals surface area contributed by atoms with Gasteiger partial charge in [0.25, 0.3) is 0 Å². The van der Waals surface area contributed by atoms with Crippen LogP contribution in [-0.2, 0) is 0 Å². The van der Waals surface area contributed by atoms with Crippen molar-refractivity contribution in [3.05, 3.63) is 29.3 Å². The molecule has 2 rings (SSSR count). The summed E-state index contributed by atoms with van der Waals surface area (Å²) in [5.41, 5.74) is 2.71. The minimum Gasteiger partial charge on any atom is -0.497 e. The van der Waals surface area contributed by atoms with E-state index in [0.717, 1.165) is 16.8 Å². The van der Waals surface area contributed by atoms with E-state index in [1.807, 2.05) is 0 Å². The maximum absolute atomic E-state index is 5.29. The van der Waals surface area contributed by atoms with E-state index in [0.29, 0.717) is 6.04 Å². The third-order valence-corrected chi connectivity index (χ3v) is 5.72. The smallest absolute Gasteiger partial charge is 0.119 e. The molecule has 1 aliphatic carbocycles. The van der Waals surface area contributed by atoms with Crippen molar-refractivity contribution in [2.24, 2.45) is 0 Å². The highest BCUT2D eigenvalue weighted by atomic mass is 32.2. The largest absolute Gasteiger partial charge is 0.497 e. The van der Waals surface area contributed by atoms with Gasteiger partial charge in [0.1, 0.15) is 5.75 Å². The molecule has 0 bridgehead atoms. The number of benzene rings is 1. The Morgan fingerprint density at radius 3 is 2.65 bits per heavy atom. The van der Waals surface area contributed by atoms with Gasteiger partial charge >= 0.3 is 0 Å². The summed E-state index contributed by atoms with van der Waals surface area (Å²) in [6, 6.07) is 6.84. The van der Waals surface area contributed by atoms with E-state index in [4.69, 9.17) is 4.74 Å². The van der Waals surface area contributed by atoms with E-state index in [1.54, 1.807) is 7.11 Å². The summed E-state index contributed by atoms with van der Waals surface area (Å²) in [5, 5.41) is 4.35. The Morgan fingerprint density at radius 1 is 1.30 bits per heavy atom. The first kappa shape index (κ1) is 15.7. The van der Waals surface area contributed by atoms with Crippen LogP contribution in [-0.4, -0.2) is 25.2 Å². The number of rotatable bonds is 6. The average Bonchev–Trinajstić information content (AvgIpc) is 2.50. The fourth-order valence-corrected chi connectivity index (χ4v) is 4.44. The van der Waals surface area contributed by atoms with Crippen LogP contribution in [0.2, 0.25) is 0 Å². The van der Waals surface area contributed by atoms with Crippen LogP contribution in [0, 0.1) is 6.92 Å². The van der Waals surface area contributed by atoms with Crippen molar-refractivity contribution in [3.8, 4) is 5.75 Å². The van der Waals surface area contributed by atoms with Crippen LogP contribution in [0.25, 0.3) is 0 Å². The lowest BCUT2D eigenvalue weighted by molar-refractivity contribution is 0.414. The Hall–Kier alpha value is -0.670. The topological polar surface area (TPSA) is 21.3 Å². The molecule has 112 valence electrons. The van der Waals surface area contributed by atoms with Crippen LogP contribution in [0.3, 0.4) is 0 Å². The van der Waals surface area contributed by atoms with Gasteiger partial charge in [-0.05, 0) is 50.1 Å². The Kier molecular flexibility index (Phi) is 6.24. The van der Waals surface area contributed by atoms with E-state index in [9.17, 15) is 0 Å². The van der Waals surface area contributed by atoms with Gasteiger partial charge in [0.05, 0.1) is 7.11 Å². The van der Waals surface area contributed by atoms with E-state index in [2.05, 4.69) is 49.2 Å². The highest BCUT2D eigenvalue weighted by molar-refractivity contribution is 7.99. The number of nitrogens with one attached hydrogen (secondary N) is 1. The quantitative estimate of drug-likeness (QED) is 0.843. The average molecular weight is 293 g/mol. The van der Waals surface area contributed by atoms with E-state index < -0.39 is 0 Å². The molecule has 0 radical (unpaired) electrons. The lowest BCUT2D eigenvalue weighted by Crippen LogP contribution is -2.21. The molecule has 0 heterocycles. The van der Waals surface area contributed by atoms with Gasteiger partial charge in [-0.3, -0.25) is 0 Å². The Bertz CT molecular complexity index is 415. The van der Waals surface area contributed by atoms with Crippen molar-refractivity contribution < 1.29 is 4.74 Å². The van der Waals surface area contributed by atoms with Gasteiger partial charge in [-0.15, -0.1) is 0 Å². The van der Waals surface area contributed by atoms with Crippen LogP contribution in [0.4, 0.5) is 0 Å². The summed E-state index contributed by atoms with van der Waals surface area (Å²) in [7, 11) is 3.79. The monoisotopic (exact) mass is 293 g/mol. The number of hydrogen-bond donors (Lipinski definition) is 1. The highest BCUT2D eigenvalue weighted by Gasteiger charge is 2.18. The Morgan fingerprint density at radius 2 is 2.05 bits per heavy atom. The van der Waals surface area contributed by atoms with Crippen LogP contribution >= 0.6 is 11.8 Å². The van der Waals surface area contributed by atoms with Crippen LogP contribution in [0.5, 0.6) is 5.75 Å². The lowest BCUT2D eigenvalue weighted by Gasteiger charge is -2.25. The van der Waals surface area contributed by atoms with Gasteiger partial charge < -0.3 is 10.1 Å². The number of ether oxygens (including phenoxy) is 1. The SMILES string of the molecule is CNC(CSC1CCCCC1)c1ccc(OC)cc1C. The second kappa shape index (κ2) is 7.94. The van der Waals surface area contributed by atoms with E-state index >= 15 is 0 Å². The molecule has 1 aromatic rings. The van der Waals surface area contributed by atoms with Gasteiger partial charge in [0.2, 0.25) is 0 Å². The van der Waals surface area contributed by atoms with Crippen molar-refractivity contribution >= 4 is 11.8 Å². The summed E-state index contributed by atoms with van der Waals surface area (Å²) in [5.74, 6) is 2.11. The first-order valence-corrected chi connectivity index (χ1v) is 8.73. The normalized spacial score (nSPS) is 17.9. The molecular formula is C17H27NOS. The predicted molar refractivity (Wildman–Crippen MR) is 88.9 cm³/mol. The van der Waals surface area contributed by atoms with Crippen molar-refractivity contribution in [3.63, 3.8) is 0 Å². The first-order chi connectivity index (χ1) is 9.74. The molecule has 1 aromatic carbocycles. The van der Waals surface area contributed by atoms with Gasteiger partial charge in [-0.25, -0.2) is 0 Å². The van der Waals surface area contributed by atoms with Crippen molar-refractivity contribution in [2.45, 2.75) is 50.3 Å². The second-order valence-corrected chi connectivity index (χ2v) is 6.99. The molecular weight excluding hydrogens is 266 g/mol. The molecule has 20 heavy (non-hydrogen) atoms. The van der Waals surface area contributed by atoms with Gasteiger partial charge in [-0.2, -0.15) is 11.8 Å². The fraction of sp³-hybridized carbons (Fsp3) is 0.647. The molecule has 1 atom stereocenters. The standard InChI is InChI=1S/C17H27NOS/c1-13-11-14(19-3)9-10-16(13)17(18-2)12-20-15-7-5-4-6-8-15/h9-11,15,17-18H,4-8,12H2,1-3H3. The Labute approximate surface area is 127 Å². The second-order valence-electron chi connectivity index (χ2n) is 5.66. The van der Waals surface area contributed by atoms with Crippen molar-refractivity contribution in [1.29, 1.82) is 0 Å². The number of thioether (sulfide) groups is 1. The summed E-state index contributed by atoms with van der Waals surface area (Å²) in [4.78, 5) is 0. The molecule has 0 aromatic heterocycles. The van der Waals surface area contributed by atoms with Crippen LogP contribution in [0.15, 0.2) is 18.2 Å². The maximum Gasteiger partial charge on any atom is 0.119 e. The number of hydrogen-bond acceptors (Lipinski definition) is 3. The maximum atomic E-state index is 5.29. The minimum absolute atomic E-state index is 0.438. The molecule has 2 nitrogen and oxygen atoms in total. The molecule has 1 saturated carbocycles. The molecule has 0 saturated heterocycles. The zero-order valence-electron chi connectivity index (χ0n) is 12.9. The predicted octanol–water partition coefficient (Wildman–Crippen LogP) is 4.33. The molecule has 1 unspecified atom stereocenters. The van der Waals surface area contributed by atoms with E-state index in [-0.39, 0.29) is 0 Å². The minimum atomic E-state index is 0.438. The molecule has 3 heteroatoms. The molecule has 1 fully saturated rings. The molecule has 1 aliphatic rings. The summed E-state index contributed by atoms with van der Waals surface area (Å²) in [6.45, 7) is 2.17. The van der Waals surface area contributed by atoms with Crippen molar-refractivity contribution in [1.82, 2.24) is 5.32 Å². The van der Waals surface area contributed by atoms with Crippen LogP contribution in [0.1, 0.15) is 49.3 Å². The van der Waals surface area contributed by atoms with Gasteiger partial charge in [0, 0.05) is 17.0 Å². The number of aryl methyl sites for hydroxylation is 1. The van der Waals surface area contributed by atoms with Crippen LogP contribution < -0.4 is 10.1 Å². The van der Waals surface area contributed by atoms with Crippen molar-refractivity contribution in [2.75, 3.05) is 19.9 Å². The van der Waals surface area contributed by atoms with Gasteiger partial charge in [-0.1, -0.05) is 25.3 Å². The first-order valence-electron chi connectivity index (χ1n) is 7.68. The highest BCUT2D eigenvalue weighted by Crippen LogP contribution is 2.32. The zero-order valence-corrected chi connectivity index (χ0v) is 13.8. The lowest BCUT2D eigenvalue weighted by atomic mass is 10.0. The number of methoxy groups -OCH3 is 1. The van der Waals surface area contributed by atoms with Gasteiger partial charge in [0.15, 0.2) is 0 Å². The third-order valence-electron chi connectivity index (χ3n) is 4.25. The zero-order chi connectivity index (χ0) is 14.4. The third kappa shape index (κ3) is 4.16. The molecule has 1 N–H and O–H groups in total. The fourth-order valence-electron chi connectivity index (χ4n) is 2.96. The van der Waals surface area contributed by atoms with E-state index in [1.165, 1.54) is 43.2 Å². The summed E-state index contributed by atoms with van der Waals surface area (Å²) in [6.07, 6.45) is 7.09. The molecule has 0 spiro atoms. The molecule has 0 aliphatic heterocycles. The Balaban J connectivity index is 1.96.